The number of anilines is 1. The van der Waals surface area contributed by atoms with E-state index in [9.17, 15) is 88.6 Å². The molecule has 4 aromatic rings. The number of hydrogen-bond donors (Lipinski definition) is 15. The van der Waals surface area contributed by atoms with Crippen LogP contribution in [0, 0.1) is 0 Å². The highest BCUT2D eigenvalue weighted by atomic mass is 32.2. The molecule has 104 heavy (non-hydrogen) atoms. The van der Waals surface area contributed by atoms with Gasteiger partial charge in [-0.2, -0.15) is 21.4 Å². The van der Waals surface area contributed by atoms with E-state index in [0.717, 1.165) is 22.7 Å². The van der Waals surface area contributed by atoms with Crippen molar-refractivity contribution in [2.75, 3.05) is 31.1 Å². The van der Waals surface area contributed by atoms with Gasteiger partial charge in [0.25, 0.3) is 20.2 Å². The summed E-state index contributed by atoms with van der Waals surface area (Å²) in [5, 5.41) is 29.8. The van der Waals surface area contributed by atoms with Gasteiger partial charge < -0.3 is 74.7 Å². The van der Waals surface area contributed by atoms with E-state index < -0.39 is 171 Å². The fourth-order valence-corrected chi connectivity index (χ4v) is 13.8. The Labute approximate surface area is 600 Å². The van der Waals surface area contributed by atoms with E-state index in [1.165, 1.54) is 24.3 Å². The van der Waals surface area contributed by atoms with Crippen molar-refractivity contribution in [3.63, 3.8) is 0 Å². The lowest BCUT2D eigenvalue weighted by atomic mass is 9.81. The van der Waals surface area contributed by atoms with Crippen LogP contribution in [0.5, 0.6) is 0 Å². The van der Waals surface area contributed by atoms with Gasteiger partial charge in [0, 0.05) is 96.9 Å². The molecule has 18 N–H and O–H groups in total. The Morgan fingerprint density at radius 3 is 1.76 bits per heavy atom. The lowest BCUT2D eigenvalue weighted by molar-refractivity contribution is -0.438. The predicted molar refractivity (Wildman–Crippen MR) is 378 cm³/mol. The molecule has 6 atom stereocenters. The zero-order valence-electron chi connectivity index (χ0n) is 58.0. The summed E-state index contributed by atoms with van der Waals surface area (Å²) in [5.74, 6) is -13.4. The molecule has 0 spiro atoms. The third-order valence-corrected chi connectivity index (χ3v) is 19.8. The zero-order chi connectivity index (χ0) is 76.6. The summed E-state index contributed by atoms with van der Waals surface area (Å²) in [6.07, 6.45) is 7.74. The Balaban J connectivity index is 1.05. The number of primary amides is 3. The number of nitrogens with zero attached hydrogens (tertiary/aromatic N) is 2. The monoisotopic (exact) mass is 1480 g/mol. The second-order valence-corrected chi connectivity index (χ2v) is 29.3. The van der Waals surface area contributed by atoms with E-state index in [2.05, 4.69) is 52.4 Å². The summed E-state index contributed by atoms with van der Waals surface area (Å²) in [6, 6.07) is 4.91. The molecular formula is C69H89N14O19S2+. The van der Waals surface area contributed by atoms with Gasteiger partial charge in [-0.1, -0.05) is 50.3 Å². The van der Waals surface area contributed by atoms with Crippen molar-refractivity contribution < 1.29 is 93.2 Å². The van der Waals surface area contributed by atoms with Crippen LogP contribution in [0.3, 0.4) is 0 Å². The molecule has 560 valence electrons. The number of unbranched alkanes of at least 4 members (excludes halogenated alkanes) is 3. The van der Waals surface area contributed by atoms with Gasteiger partial charge in [-0.05, 0) is 106 Å². The number of carboxylic acids is 1. The number of nitrogens with one attached hydrogen (secondary N) is 9. The second kappa shape index (κ2) is 35.0. The van der Waals surface area contributed by atoms with Gasteiger partial charge in [-0.25, -0.2) is 0 Å². The molecule has 0 unspecified atom stereocenters. The summed E-state index contributed by atoms with van der Waals surface area (Å²) in [7, 11) is -9.02. The molecular weight excluding hydrogens is 1390 g/mol. The number of allylic oxidation sites excluding steroid dienone is 6. The predicted octanol–water partition coefficient (Wildman–Crippen LogP) is 0.471. The van der Waals surface area contributed by atoms with Crippen molar-refractivity contribution in [2.24, 2.45) is 17.2 Å². The van der Waals surface area contributed by atoms with Gasteiger partial charge >= 0.3 is 5.97 Å². The Kier molecular flexibility index (Phi) is 27.2. The average Bonchev–Trinajstić information content (AvgIpc) is 1.59. The summed E-state index contributed by atoms with van der Waals surface area (Å²) >= 11 is 0. The van der Waals surface area contributed by atoms with E-state index >= 15 is 0 Å². The number of para-hydroxylation sites is 1. The van der Waals surface area contributed by atoms with E-state index in [0.29, 0.717) is 60.1 Å². The van der Waals surface area contributed by atoms with Crippen LogP contribution in [0.1, 0.15) is 128 Å². The van der Waals surface area contributed by atoms with Crippen LogP contribution >= 0.6 is 0 Å². The average molecular weight is 1480 g/mol. The van der Waals surface area contributed by atoms with Gasteiger partial charge in [-0.3, -0.25) is 66.6 Å². The maximum Gasteiger partial charge on any atom is 0.305 e. The van der Waals surface area contributed by atoms with Crippen LogP contribution in [0.25, 0.3) is 10.9 Å². The third-order valence-electron chi connectivity index (χ3n) is 18.1. The number of amides is 11. The molecule has 0 saturated carbocycles. The quantitative estimate of drug-likeness (QED) is 0.0167. The summed E-state index contributed by atoms with van der Waals surface area (Å²) in [5.41, 5.74) is 20.6. The molecule has 7 rings (SSSR count). The molecule has 35 heteroatoms. The first-order chi connectivity index (χ1) is 48.9. The Hall–Kier alpha value is -10.7. The largest absolute Gasteiger partial charge is 0.481 e. The zero-order valence-corrected chi connectivity index (χ0v) is 59.7. The number of H-pyrrole nitrogens is 1. The Morgan fingerprint density at radius 1 is 0.625 bits per heavy atom. The number of rotatable bonds is 27. The number of likely N-dealkylation sites (N-methyl/N-ethyl adjacent to an activating group) is 1. The van der Waals surface area contributed by atoms with Crippen molar-refractivity contribution in [3.8, 4) is 0 Å². The molecule has 3 aliphatic heterocycles. The third kappa shape index (κ3) is 21.2. The molecule has 1 saturated heterocycles. The molecule has 3 aliphatic rings. The van der Waals surface area contributed by atoms with Crippen LogP contribution in [-0.4, -0.2) is 180 Å². The lowest BCUT2D eigenvalue weighted by Gasteiger charge is -2.27. The number of carbonyl (C=O) groups excluding carboxylic acids is 11. The van der Waals surface area contributed by atoms with E-state index in [1.54, 1.807) is 42.6 Å². The first-order valence-corrected chi connectivity index (χ1v) is 36.5. The van der Waals surface area contributed by atoms with E-state index in [1.807, 2.05) is 69.6 Å². The molecule has 3 aromatic carbocycles. The Bertz CT molecular complexity index is 4390. The van der Waals surface area contributed by atoms with Gasteiger partial charge in [0.2, 0.25) is 70.7 Å². The van der Waals surface area contributed by atoms with Crippen molar-refractivity contribution in [1.29, 1.82) is 0 Å². The van der Waals surface area contributed by atoms with E-state index in [4.69, 9.17) is 17.2 Å². The van der Waals surface area contributed by atoms with Crippen molar-refractivity contribution >= 4 is 119 Å². The summed E-state index contributed by atoms with van der Waals surface area (Å²) < 4.78 is 70.6. The lowest BCUT2D eigenvalue weighted by Crippen LogP contribution is -2.61. The standard InChI is InChI=1S/C69H88N14O19S2/c1-6-82-52-25-23-40(103(97,98)99)32-43(52)68(2,3)54(82)20-9-7-10-21-55-69(4,5)44-33-41(104(100,101)102)24-26-53(44)83(55)30-16-8-11-22-59(87)73-28-15-14-19-46-63(92)79-49(35-57(71)85)66(95)80-50(36-58(72)86)65(94)78-48(34-56(70)84)62(91)74-29-27-60(88)76-47(31-39-38-75-45-18-13-12-17-42(39)45)64(93)81-51(37-61(89)90)67(96)77-46/h7,9-10,12-13,17-18,20-21,23-26,32-33,38,46-51,75H,6,8,11,14-16,19,22,27-31,34-37H2,1-5H3,(H16-,70,71,72,73,74,76,77,78,79,80,81,84,85,86,87,88,89,90,91,92,93,94,95,96,97,98,99,100,101,102)/p+1/t46-,47-,48-,49-,50-,51-/m0/s1. The normalized spacial score (nSPS) is 21.2. The van der Waals surface area contributed by atoms with Crippen LogP contribution in [0.2, 0.25) is 0 Å². The fraction of sp³-hybridized carbons (Fsp3) is 0.435. The SMILES string of the molecule is CCN1/C(=C/C=C/C=C/C2=[N+](CCCCCC(=O)NCCCC[C@@H]3NC(=O)[C@H](CC(=O)O)NC(=O)[C@H](Cc4c[nH]c5ccccc45)NC(=O)CCNC(=O)[C@H](CC(N)=O)NC(=O)[C@H](CC(N)=O)NC(=O)[C@H](CC(N)=O)NC3=O)c3ccc(S(=O)(=O)O)cc3C2(C)C)C(C)(C)c2cc(S(=O)(=O)O)ccc21. The number of benzene rings is 3. The topological polar surface area (TPSA) is 530 Å². The summed E-state index contributed by atoms with van der Waals surface area (Å²) in [4.78, 5) is 165. The van der Waals surface area contributed by atoms with Crippen LogP contribution in [0.15, 0.2) is 113 Å². The number of carbonyl (C=O) groups is 12. The smallest absolute Gasteiger partial charge is 0.305 e. The number of hydrogen-bond acceptors (Lipinski definition) is 17. The van der Waals surface area contributed by atoms with Crippen LogP contribution in [0.4, 0.5) is 11.4 Å². The van der Waals surface area contributed by atoms with E-state index in [-0.39, 0.29) is 54.3 Å². The second-order valence-electron chi connectivity index (χ2n) is 26.4. The first-order valence-electron chi connectivity index (χ1n) is 33.6. The molecule has 1 aromatic heterocycles. The van der Waals surface area contributed by atoms with Gasteiger partial charge in [0.15, 0.2) is 5.71 Å². The maximum atomic E-state index is 14.4. The number of fused-ring (bicyclic) bond motifs is 3. The minimum atomic E-state index is -4.57. The number of aromatic amines is 1. The highest BCUT2D eigenvalue weighted by molar-refractivity contribution is 7.86. The fourth-order valence-electron chi connectivity index (χ4n) is 12.8. The number of nitrogens with two attached hydrogens (primary N) is 3. The van der Waals surface area contributed by atoms with Crippen LogP contribution in [-0.2, 0) is 95.0 Å². The number of aromatic nitrogens is 1. The molecule has 11 amide bonds. The number of carboxylic acid groups (broad SMARTS) is 1. The molecule has 0 radical (unpaired) electrons. The van der Waals surface area contributed by atoms with Crippen molar-refractivity contribution in [2.45, 2.75) is 175 Å². The number of aliphatic carboxylic acids is 1. The first kappa shape index (κ1) is 80.7. The molecule has 0 bridgehead atoms. The van der Waals surface area contributed by atoms with Gasteiger partial charge in [0.1, 0.15) is 42.8 Å². The highest BCUT2D eigenvalue weighted by Gasteiger charge is 2.46. The highest BCUT2D eigenvalue weighted by Crippen LogP contribution is 2.48. The van der Waals surface area contributed by atoms with Crippen molar-refractivity contribution in [1.82, 2.24) is 47.5 Å². The minimum absolute atomic E-state index is 0.0220. The minimum Gasteiger partial charge on any atom is -0.481 e. The van der Waals surface area contributed by atoms with Gasteiger partial charge in [-0.15, -0.1) is 0 Å². The Morgan fingerprint density at radius 2 is 1.17 bits per heavy atom. The molecule has 4 heterocycles. The van der Waals surface area contributed by atoms with Crippen LogP contribution < -0.4 is 64.6 Å². The molecule has 33 nitrogen and oxygen atoms in total. The molecule has 1 fully saturated rings. The van der Waals surface area contributed by atoms with Gasteiger partial charge in [0.05, 0.1) is 40.9 Å². The van der Waals surface area contributed by atoms with Crippen molar-refractivity contribution in [3.05, 3.63) is 120 Å². The molecule has 0 aliphatic carbocycles. The summed E-state index contributed by atoms with van der Waals surface area (Å²) in [6.45, 7) is 10.3. The maximum absolute atomic E-state index is 14.4.